The van der Waals surface area contributed by atoms with E-state index in [-0.39, 0.29) is 10.8 Å². The molecule has 0 unspecified atom stereocenters. The monoisotopic (exact) mass is 287 g/mol. The molecule has 1 N–H and O–H groups in total. The summed E-state index contributed by atoms with van der Waals surface area (Å²) in [5, 5.41) is 14.8. The van der Waals surface area contributed by atoms with Gasteiger partial charge in [0.15, 0.2) is 5.13 Å². The van der Waals surface area contributed by atoms with Gasteiger partial charge in [0, 0.05) is 11.1 Å². The van der Waals surface area contributed by atoms with Crippen molar-refractivity contribution in [1.82, 2.24) is 4.98 Å². The van der Waals surface area contributed by atoms with Crippen molar-refractivity contribution in [3.63, 3.8) is 0 Å². The van der Waals surface area contributed by atoms with Crippen molar-refractivity contribution in [3.05, 3.63) is 40.9 Å². The average molecular weight is 287 g/mol. The van der Waals surface area contributed by atoms with E-state index in [4.69, 9.17) is 0 Å². The Bertz CT molecular complexity index is 593. The highest BCUT2D eigenvalue weighted by atomic mass is 32.1. The normalized spacial score (nSPS) is 11.3. The van der Waals surface area contributed by atoms with Crippen LogP contribution in [0.4, 0.5) is 24.0 Å². The second-order valence-corrected chi connectivity index (χ2v) is 4.38. The SMILES string of the molecule is O=C([O-])c1csc(Nc2ccc(C(F)(F)F)cc2)n1. The minimum Gasteiger partial charge on any atom is -0.543 e. The second kappa shape index (κ2) is 4.88. The van der Waals surface area contributed by atoms with Gasteiger partial charge in [-0.25, -0.2) is 4.98 Å². The van der Waals surface area contributed by atoms with E-state index in [1.54, 1.807) is 0 Å². The molecular formula is C11H6F3N2O2S-. The number of thiazole rings is 1. The molecule has 8 heteroatoms. The van der Waals surface area contributed by atoms with Crippen LogP contribution in [0.3, 0.4) is 0 Å². The van der Waals surface area contributed by atoms with Crippen LogP contribution in [-0.2, 0) is 6.18 Å². The number of carboxylic acid groups (broad SMARTS) is 1. The molecule has 0 aliphatic heterocycles. The van der Waals surface area contributed by atoms with Crippen molar-refractivity contribution in [3.8, 4) is 0 Å². The van der Waals surface area contributed by atoms with Gasteiger partial charge >= 0.3 is 6.18 Å². The fraction of sp³-hybridized carbons (Fsp3) is 0.0909. The number of aromatic carboxylic acids is 1. The summed E-state index contributed by atoms with van der Waals surface area (Å²) in [5.74, 6) is -1.41. The van der Waals surface area contributed by atoms with Gasteiger partial charge in [-0.3, -0.25) is 0 Å². The van der Waals surface area contributed by atoms with Crippen molar-refractivity contribution in [1.29, 1.82) is 0 Å². The molecule has 4 nitrogen and oxygen atoms in total. The van der Waals surface area contributed by atoms with E-state index >= 15 is 0 Å². The van der Waals surface area contributed by atoms with Crippen LogP contribution >= 0.6 is 11.3 Å². The van der Waals surface area contributed by atoms with Gasteiger partial charge < -0.3 is 15.2 Å². The number of carbonyl (C=O) groups is 1. The van der Waals surface area contributed by atoms with Crippen LogP contribution < -0.4 is 10.4 Å². The minimum absolute atomic E-state index is 0.223. The van der Waals surface area contributed by atoms with Crippen molar-refractivity contribution >= 4 is 28.1 Å². The molecule has 2 aromatic rings. The zero-order valence-electron chi connectivity index (χ0n) is 9.19. The first-order chi connectivity index (χ1) is 8.86. The summed E-state index contributed by atoms with van der Waals surface area (Å²) in [4.78, 5) is 14.2. The molecular weight excluding hydrogens is 281 g/mol. The number of nitrogens with one attached hydrogen (secondary N) is 1. The Labute approximate surface area is 109 Å². The third kappa shape index (κ3) is 3.22. The maximum absolute atomic E-state index is 12.3. The van der Waals surface area contributed by atoms with E-state index in [1.165, 1.54) is 17.5 Å². The van der Waals surface area contributed by atoms with E-state index in [1.807, 2.05) is 0 Å². The number of alkyl halides is 3. The second-order valence-electron chi connectivity index (χ2n) is 3.53. The molecule has 0 radical (unpaired) electrons. The highest BCUT2D eigenvalue weighted by molar-refractivity contribution is 7.14. The van der Waals surface area contributed by atoms with Gasteiger partial charge in [0.05, 0.1) is 17.2 Å². The first kappa shape index (κ1) is 13.3. The number of hydrogen-bond donors (Lipinski definition) is 1. The molecule has 2 rings (SSSR count). The Morgan fingerprint density at radius 3 is 2.37 bits per heavy atom. The lowest BCUT2D eigenvalue weighted by molar-refractivity contribution is -0.255. The first-order valence-electron chi connectivity index (χ1n) is 4.97. The molecule has 19 heavy (non-hydrogen) atoms. The van der Waals surface area contributed by atoms with Crippen LogP contribution in [0.15, 0.2) is 29.6 Å². The number of carboxylic acids is 1. The Kier molecular flexibility index (Phi) is 3.43. The number of nitrogens with zero attached hydrogens (tertiary/aromatic N) is 1. The third-order valence-corrected chi connectivity index (χ3v) is 2.93. The van der Waals surface area contributed by atoms with Gasteiger partial charge in [-0.05, 0) is 24.3 Å². The molecule has 0 aliphatic rings. The summed E-state index contributed by atoms with van der Waals surface area (Å²) in [5.41, 5.74) is -0.598. The molecule has 0 saturated carbocycles. The highest BCUT2D eigenvalue weighted by Gasteiger charge is 2.29. The number of hydrogen-bond acceptors (Lipinski definition) is 5. The smallest absolute Gasteiger partial charge is 0.416 e. The quantitative estimate of drug-likeness (QED) is 0.940. The van der Waals surface area contributed by atoms with Crippen LogP contribution in [0.1, 0.15) is 16.1 Å². The summed E-state index contributed by atoms with van der Waals surface area (Å²) in [7, 11) is 0. The van der Waals surface area contributed by atoms with E-state index in [0.717, 1.165) is 23.5 Å². The molecule has 0 aliphatic carbocycles. The lowest BCUT2D eigenvalue weighted by Crippen LogP contribution is -2.22. The molecule has 1 aromatic heterocycles. The van der Waals surface area contributed by atoms with Gasteiger partial charge in [-0.2, -0.15) is 13.2 Å². The van der Waals surface area contributed by atoms with Gasteiger partial charge in [0.2, 0.25) is 0 Å². The largest absolute Gasteiger partial charge is 0.543 e. The number of rotatable bonds is 3. The maximum atomic E-state index is 12.3. The number of halogens is 3. The first-order valence-corrected chi connectivity index (χ1v) is 5.85. The molecule has 1 heterocycles. The predicted octanol–water partition coefficient (Wildman–Crippen LogP) is 2.27. The van der Waals surface area contributed by atoms with Crippen LogP contribution in [0.2, 0.25) is 0 Å². The molecule has 1 aromatic carbocycles. The van der Waals surface area contributed by atoms with E-state index in [2.05, 4.69) is 10.3 Å². The van der Waals surface area contributed by atoms with Crippen molar-refractivity contribution in [2.45, 2.75) is 6.18 Å². The van der Waals surface area contributed by atoms with Crippen LogP contribution in [0.25, 0.3) is 0 Å². The van der Waals surface area contributed by atoms with E-state index in [9.17, 15) is 23.1 Å². The predicted molar refractivity (Wildman–Crippen MR) is 61.2 cm³/mol. The molecule has 0 fully saturated rings. The standard InChI is InChI=1S/C11H7F3N2O2S/c12-11(13,14)6-1-3-7(4-2-6)15-10-16-8(5-19-10)9(17)18/h1-5H,(H,15,16)(H,17,18)/p-1. The van der Waals surface area contributed by atoms with Crippen LogP contribution in [0.5, 0.6) is 0 Å². The van der Waals surface area contributed by atoms with Crippen molar-refractivity contribution in [2.75, 3.05) is 5.32 Å². The summed E-state index contributed by atoms with van der Waals surface area (Å²) >= 11 is 1.02. The van der Waals surface area contributed by atoms with E-state index < -0.39 is 17.7 Å². The fourth-order valence-electron chi connectivity index (χ4n) is 1.29. The van der Waals surface area contributed by atoms with Crippen LogP contribution in [0, 0.1) is 0 Å². The number of benzene rings is 1. The third-order valence-electron chi connectivity index (χ3n) is 2.18. The fourth-order valence-corrected chi connectivity index (χ4v) is 1.99. The van der Waals surface area contributed by atoms with E-state index in [0.29, 0.717) is 5.69 Å². The molecule has 0 atom stereocenters. The lowest BCUT2D eigenvalue weighted by atomic mass is 10.2. The van der Waals surface area contributed by atoms with Gasteiger partial charge in [0.1, 0.15) is 0 Å². The number of aromatic nitrogens is 1. The van der Waals surface area contributed by atoms with Gasteiger partial charge in [-0.15, -0.1) is 11.3 Å². The molecule has 0 saturated heterocycles. The van der Waals surface area contributed by atoms with Crippen molar-refractivity contribution < 1.29 is 23.1 Å². The Hall–Kier alpha value is -2.09. The summed E-state index contributed by atoms with van der Waals surface area (Å²) in [6, 6.07) is 4.33. The molecule has 100 valence electrons. The molecule has 0 amide bonds. The molecule has 0 bridgehead atoms. The van der Waals surface area contributed by atoms with Crippen molar-refractivity contribution in [2.24, 2.45) is 0 Å². The van der Waals surface area contributed by atoms with Gasteiger partial charge in [-0.1, -0.05) is 0 Å². The Morgan fingerprint density at radius 1 is 1.26 bits per heavy atom. The summed E-state index contributed by atoms with van der Waals surface area (Å²) in [6.45, 7) is 0. The van der Waals surface area contributed by atoms with Gasteiger partial charge in [0.25, 0.3) is 0 Å². The highest BCUT2D eigenvalue weighted by Crippen LogP contribution is 2.30. The lowest BCUT2D eigenvalue weighted by Gasteiger charge is -2.07. The Balaban J connectivity index is 2.13. The topological polar surface area (TPSA) is 65.0 Å². The zero-order chi connectivity index (χ0) is 14.0. The minimum atomic E-state index is -4.39. The number of carbonyl (C=O) groups excluding carboxylic acids is 1. The number of anilines is 2. The zero-order valence-corrected chi connectivity index (χ0v) is 10.0. The molecule has 0 spiro atoms. The maximum Gasteiger partial charge on any atom is 0.416 e. The summed E-state index contributed by atoms with van der Waals surface area (Å²) in [6.07, 6.45) is -4.39. The van der Waals surface area contributed by atoms with Crippen LogP contribution in [-0.4, -0.2) is 11.0 Å². The average Bonchev–Trinajstić information content (AvgIpc) is 2.77. The summed E-state index contributed by atoms with van der Waals surface area (Å²) < 4.78 is 37.0. The Morgan fingerprint density at radius 2 is 1.89 bits per heavy atom.